The highest BCUT2D eigenvalue weighted by Crippen LogP contribution is 2.17. The van der Waals surface area contributed by atoms with Gasteiger partial charge in [0.2, 0.25) is 0 Å². The molecule has 40 heavy (non-hydrogen) atoms. The van der Waals surface area contributed by atoms with Gasteiger partial charge in [-0.25, -0.2) is 4.98 Å². The summed E-state index contributed by atoms with van der Waals surface area (Å²) in [5, 5.41) is 5.48. The van der Waals surface area contributed by atoms with Gasteiger partial charge in [0.15, 0.2) is 0 Å². The molecule has 0 aliphatic carbocycles. The number of pyridine rings is 2. The number of carbonyl (C=O) groups excluding carboxylic acids is 1. The summed E-state index contributed by atoms with van der Waals surface area (Å²) in [4.78, 5) is 37.0. The van der Waals surface area contributed by atoms with Crippen molar-refractivity contribution in [3.8, 4) is 17.5 Å². The lowest BCUT2D eigenvalue weighted by molar-refractivity contribution is 0.100. The molecule has 196 valence electrons. The molecule has 0 unspecified atom stereocenters. The van der Waals surface area contributed by atoms with Gasteiger partial charge in [0.1, 0.15) is 5.82 Å². The number of benzene rings is 2. The summed E-state index contributed by atoms with van der Waals surface area (Å²) in [5.41, 5.74) is 8.97. The van der Waals surface area contributed by atoms with Gasteiger partial charge in [-0.1, -0.05) is 43.0 Å². The van der Waals surface area contributed by atoms with Crippen LogP contribution in [0, 0.1) is 11.8 Å². The molecule has 2 N–H and O–H groups in total. The van der Waals surface area contributed by atoms with Crippen molar-refractivity contribution >= 4 is 27.7 Å². The fraction of sp³-hybridized carbons (Fsp3) is 0.0968. The number of carbonyl (C=O) groups is 1. The minimum absolute atomic E-state index is 0.0980. The summed E-state index contributed by atoms with van der Waals surface area (Å²) >= 11 is 0. The number of aromatic nitrogens is 6. The Kier molecular flexibility index (Phi) is 7.42. The normalized spacial score (nSPS) is 10.4. The standard InChI is InChI=1S/C22H18N4O.C9H7N3O/c1-3-20-24-19-11-7-8-17(13-12-16-14-23-25(2)15-16)21(19)22(27)26(20)18-9-5-4-6-10-18;10-9(13)7-5-11-4-6-2-1-3-12-8(6)7/h4-11,14-15H,3H2,1-2H3;1-5H,(H2,10,13). The van der Waals surface area contributed by atoms with Crippen molar-refractivity contribution in [2.45, 2.75) is 13.3 Å². The Morgan fingerprint density at radius 2 is 1.80 bits per heavy atom. The molecule has 4 aromatic heterocycles. The highest BCUT2D eigenvalue weighted by atomic mass is 16.1. The Balaban J connectivity index is 0.000000207. The van der Waals surface area contributed by atoms with Gasteiger partial charge >= 0.3 is 0 Å². The van der Waals surface area contributed by atoms with Crippen LogP contribution in [0.1, 0.15) is 34.2 Å². The number of rotatable bonds is 3. The molecule has 0 fully saturated rings. The zero-order valence-electron chi connectivity index (χ0n) is 21.9. The molecule has 6 rings (SSSR count). The summed E-state index contributed by atoms with van der Waals surface area (Å²) < 4.78 is 3.38. The molecular formula is C31H25N7O2. The Hall–Kier alpha value is -5.62. The van der Waals surface area contributed by atoms with Crippen LogP contribution in [0.4, 0.5) is 0 Å². The van der Waals surface area contributed by atoms with Crippen LogP contribution in [-0.4, -0.2) is 35.2 Å². The van der Waals surface area contributed by atoms with E-state index in [-0.39, 0.29) is 5.56 Å². The van der Waals surface area contributed by atoms with Crippen LogP contribution in [-0.2, 0) is 13.5 Å². The Morgan fingerprint density at radius 1 is 0.975 bits per heavy atom. The molecule has 9 heteroatoms. The van der Waals surface area contributed by atoms with Gasteiger partial charge in [0.05, 0.1) is 39.4 Å². The van der Waals surface area contributed by atoms with Crippen LogP contribution >= 0.6 is 0 Å². The number of nitrogens with two attached hydrogens (primary N) is 1. The third kappa shape index (κ3) is 5.33. The van der Waals surface area contributed by atoms with Gasteiger partial charge in [0.25, 0.3) is 11.5 Å². The van der Waals surface area contributed by atoms with E-state index >= 15 is 0 Å². The van der Waals surface area contributed by atoms with Crippen molar-refractivity contribution in [1.82, 2.24) is 29.3 Å². The van der Waals surface area contributed by atoms with Crippen molar-refractivity contribution < 1.29 is 4.79 Å². The summed E-state index contributed by atoms with van der Waals surface area (Å²) in [6.45, 7) is 2.00. The highest BCUT2D eigenvalue weighted by Gasteiger charge is 2.14. The molecule has 0 bridgehead atoms. The first-order valence-electron chi connectivity index (χ1n) is 12.6. The second kappa shape index (κ2) is 11.4. The summed E-state index contributed by atoms with van der Waals surface area (Å²) in [6, 6.07) is 18.8. The number of fused-ring (bicyclic) bond motifs is 2. The average Bonchev–Trinajstić information content (AvgIpc) is 3.41. The zero-order valence-corrected chi connectivity index (χ0v) is 21.9. The predicted molar refractivity (Wildman–Crippen MR) is 154 cm³/mol. The van der Waals surface area contributed by atoms with Crippen molar-refractivity contribution in [2.75, 3.05) is 0 Å². The lowest BCUT2D eigenvalue weighted by Gasteiger charge is -2.13. The molecule has 0 radical (unpaired) electrons. The van der Waals surface area contributed by atoms with Crippen molar-refractivity contribution in [1.29, 1.82) is 0 Å². The van der Waals surface area contributed by atoms with Gasteiger partial charge in [0, 0.05) is 49.2 Å². The SMILES string of the molecule is CCc1nc2cccc(C#Cc3cnn(C)c3)c2c(=O)n1-c1ccccc1.NC(=O)c1cncc2cccnc12. The molecule has 2 aromatic carbocycles. The number of para-hydroxylation sites is 1. The molecule has 1 amide bonds. The minimum Gasteiger partial charge on any atom is -0.365 e. The number of aryl methyl sites for hydroxylation is 2. The van der Waals surface area contributed by atoms with Crippen molar-refractivity contribution in [3.05, 3.63) is 125 Å². The quantitative estimate of drug-likeness (QED) is 0.349. The fourth-order valence-corrected chi connectivity index (χ4v) is 4.27. The monoisotopic (exact) mass is 527 g/mol. The van der Waals surface area contributed by atoms with Crippen molar-refractivity contribution in [3.63, 3.8) is 0 Å². The van der Waals surface area contributed by atoms with E-state index in [2.05, 4.69) is 26.9 Å². The largest absolute Gasteiger partial charge is 0.365 e. The molecule has 0 aliphatic rings. The van der Waals surface area contributed by atoms with Crippen LogP contribution in [0.3, 0.4) is 0 Å². The van der Waals surface area contributed by atoms with Crippen LogP contribution in [0.15, 0.2) is 96.4 Å². The molecular weight excluding hydrogens is 502 g/mol. The van der Waals surface area contributed by atoms with Gasteiger partial charge in [-0.05, 0) is 36.4 Å². The highest BCUT2D eigenvalue weighted by molar-refractivity contribution is 6.03. The van der Waals surface area contributed by atoms with Crippen LogP contribution in [0.2, 0.25) is 0 Å². The third-order valence-electron chi connectivity index (χ3n) is 6.12. The molecule has 0 spiro atoms. The maximum absolute atomic E-state index is 13.4. The van der Waals surface area contributed by atoms with Gasteiger partial charge < -0.3 is 5.73 Å². The molecule has 9 nitrogen and oxygen atoms in total. The maximum Gasteiger partial charge on any atom is 0.267 e. The van der Waals surface area contributed by atoms with Gasteiger partial charge in [-0.2, -0.15) is 5.10 Å². The van der Waals surface area contributed by atoms with E-state index in [1.54, 1.807) is 33.9 Å². The van der Waals surface area contributed by atoms with E-state index < -0.39 is 5.91 Å². The molecule has 0 atom stereocenters. The average molecular weight is 528 g/mol. The van der Waals surface area contributed by atoms with Crippen molar-refractivity contribution in [2.24, 2.45) is 12.8 Å². The summed E-state index contributed by atoms with van der Waals surface area (Å²) in [6.07, 6.45) is 8.90. The van der Waals surface area contributed by atoms with Crippen LogP contribution in [0.5, 0.6) is 0 Å². The van der Waals surface area contributed by atoms with E-state index in [4.69, 9.17) is 10.7 Å². The first kappa shape index (κ1) is 26.0. The Bertz CT molecular complexity index is 1960. The lowest BCUT2D eigenvalue weighted by Crippen LogP contribution is -2.24. The molecule has 0 saturated heterocycles. The molecule has 4 heterocycles. The van der Waals surface area contributed by atoms with E-state index in [1.807, 2.05) is 74.8 Å². The van der Waals surface area contributed by atoms with E-state index in [1.165, 1.54) is 6.20 Å². The predicted octanol–water partition coefficient (Wildman–Crippen LogP) is 3.81. The minimum atomic E-state index is -0.503. The number of nitrogens with zero attached hydrogens (tertiary/aromatic N) is 6. The number of hydrogen-bond acceptors (Lipinski definition) is 6. The summed E-state index contributed by atoms with van der Waals surface area (Å²) in [5.74, 6) is 6.43. The summed E-state index contributed by atoms with van der Waals surface area (Å²) in [7, 11) is 1.85. The lowest BCUT2D eigenvalue weighted by atomic mass is 10.1. The maximum atomic E-state index is 13.4. The first-order chi connectivity index (χ1) is 19.5. The number of primary amides is 1. The van der Waals surface area contributed by atoms with E-state index in [0.717, 1.165) is 22.5 Å². The fourth-order valence-electron chi connectivity index (χ4n) is 4.27. The Labute approximate surface area is 230 Å². The van der Waals surface area contributed by atoms with Crippen LogP contribution < -0.4 is 11.3 Å². The van der Waals surface area contributed by atoms with E-state index in [9.17, 15) is 9.59 Å². The second-order valence-corrected chi connectivity index (χ2v) is 8.84. The molecule has 0 aliphatic heterocycles. The Morgan fingerprint density at radius 3 is 2.52 bits per heavy atom. The number of hydrogen-bond donors (Lipinski definition) is 1. The van der Waals surface area contributed by atoms with Crippen LogP contribution in [0.25, 0.3) is 27.5 Å². The van der Waals surface area contributed by atoms with Gasteiger partial charge in [-0.15, -0.1) is 0 Å². The first-order valence-corrected chi connectivity index (χ1v) is 12.6. The third-order valence-corrected chi connectivity index (χ3v) is 6.12. The molecule has 6 aromatic rings. The zero-order chi connectivity index (χ0) is 28.1. The second-order valence-electron chi connectivity index (χ2n) is 8.84. The van der Waals surface area contributed by atoms with E-state index in [0.29, 0.717) is 34.0 Å². The smallest absolute Gasteiger partial charge is 0.267 e. The number of amides is 1. The van der Waals surface area contributed by atoms with Gasteiger partial charge in [-0.3, -0.25) is 28.8 Å². The molecule has 0 saturated carbocycles. The topological polar surface area (TPSA) is 122 Å².